The molecule has 1 amide bonds. The van der Waals surface area contributed by atoms with Crippen molar-refractivity contribution in [3.8, 4) is 11.3 Å². The highest BCUT2D eigenvalue weighted by Crippen LogP contribution is 2.29. The van der Waals surface area contributed by atoms with Crippen LogP contribution in [0.15, 0.2) is 48.5 Å². The topological polar surface area (TPSA) is 53.4 Å². The molecule has 4 rings (SSSR count). The first-order valence-electron chi connectivity index (χ1n) is 8.85. The lowest BCUT2D eigenvalue weighted by Crippen LogP contribution is -2.37. The number of aliphatic hydroxyl groups is 1. The van der Waals surface area contributed by atoms with Crippen molar-refractivity contribution in [2.45, 2.75) is 18.9 Å². The van der Waals surface area contributed by atoms with Gasteiger partial charge < -0.3 is 10.0 Å². The maximum absolute atomic E-state index is 13.8. The predicted octanol–water partition coefficient (Wildman–Crippen LogP) is 3.78. The normalized spacial score (nSPS) is 16.9. The largest absolute Gasteiger partial charge is 0.394 e. The lowest BCUT2D eigenvalue weighted by Gasteiger charge is -2.24. The molecule has 0 aliphatic carbocycles. The van der Waals surface area contributed by atoms with Crippen LogP contribution in [0.1, 0.15) is 23.2 Å². The Bertz CT molecular complexity index is 1000. The van der Waals surface area contributed by atoms with E-state index in [2.05, 4.69) is 4.98 Å². The lowest BCUT2D eigenvalue weighted by atomic mass is 10.0. The van der Waals surface area contributed by atoms with Gasteiger partial charge in [0.1, 0.15) is 11.6 Å². The van der Waals surface area contributed by atoms with E-state index in [0.29, 0.717) is 34.3 Å². The number of likely N-dealkylation sites (tertiary alicyclic amines) is 1. The molecule has 0 saturated carbocycles. The molecule has 1 fully saturated rings. The monoisotopic (exact) mass is 368 g/mol. The third kappa shape index (κ3) is 3.28. The summed E-state index contributed by atoms with van der Waals surface area (Å²) in [4.78, 5) is 19.3. The van der Waals surface area contributed by atoms with E-state index in [1.54, 1.807) is 23.1 Å². The van der Waals surface area contributed by atoms with Gasteiger partial charge in [0.25, 0.3) is 5.91 Å². The summed E-state index contributed by atoms with van der Waals surface area (Å²) in [6, 6.07) is 11.3. The lowest BCUT2D eigenvalue weighted by molar-refractivity contribution is 0.0679. The zero-order valence-electron chi connectivity index (χ0n) is 14.5. The van der Waals surface area contributed by atoms with Gasteiger partial charge in [0.15, 0.2) is 0 Å². The molecule has 2 aromatic carbocycles. The van der Waals surface area contributed by atoms with Crippen LogP contribution < -0.4 is 0 Å². The number of aliphatic hydroxyl groups excluding tert-OH is 1. The molecule has 2 heterocycles. The summed E-state index contributed by atoms with van der Waals surface area (Å²) in [5.74, 6) is -1.07. The average Bonchev–Trinajstić information content (AvgIpc) is 3.16. The highest BCUT2D eigenvalue weighted by atomic mass is 19.1. The summed E-state index contributed by atoms with van der Waals surface area (Å²) >= 11 is 0. The highest BCUT2D eigenvalue weighted by molar-refractivity contribution is 6.07. The van der Waals surface area contributed by atoms with E-state index < -0.39 is 5.82 Å². The Morgan fingerprint density at radius 3 is 2.59 bits per heavy atom. The number of amides is 1. The number of carbonyl (C=O) groups is 1. The van der Waals surface area contributed by atoms with Crippen LogP contribution in [0.4, 0.5) is 8.78 Å². The molecule has 6 heteroatoms. The number of aromatic nitrogens is 1. The molecule has 1 aliphatic heterocycles. The van der Waals surface area contributed by atoms with Crippen molar-refractivity contribution in [2.75, 3.05) is 13.2 Å². The maximum Gasteiger partial charge on any atom is 0.254 e. The second-order valence-corrected chi connectivity index (χ2v) is 6.70. The number of nitrogens with zero attached hydrogens (tertiary/aromatic N) is 2. The fourth-order valence-corrected chi connectivity index (χ4v) is 3.59. The van der Waals surface area contributed by atoms with E-state index in [-0.39, 0.29) is 24.4 Å². The molecule has 1 saturated heterocycles. The van der Waals surface area contributed by atoms with Crippen molar-refractivity contribution < 1.29 is 18.7 Å². The Morgan fingerprint density at radius 2 is 1.85 bits per heavy atom. The Labute approximate surface area is 155 Å². The molecule has 1 atom stereocenters. The first-order valence-corrected chi connectivity index (χ1v) is 8.85. The van der Waals surface area contributed by atoms with Crippen molar-refractivity contribution in [2.24, 2.45) is 0 Å². The van der Waals surface area contributed by atoms with E-state index in [4.69, 9.17) is 0 Å². The Hall–Kier alpha value is -2.86. The zero-order chi connectivity index (χ0) is 19.0. The molecule has 0 spiro atoms. The van der Waals surface area contributed by atoms with Crippen LogP contribution in [0, 0.1) is 11.6 Å². The predicted molar refractivity (Wildman–Crippen MR) is 98.2 cm³/mol. The minimum atomic E-state index is -0.451. The zero-order valence-corrected chi connectivity index (χ0v) is 14.5. The summed E-state index contributed by atoms with van der Waals surface area (Å²) in [5.41, 5.74) is 1.99. The second-order valence-electron chi connectivity index (χ2n) is 6.70. The number of hydrogen-bond acceptors (Lipinski definition) is 3. The van der Waals surface area contributed by atoms with Crippen LogP contribution in [0.5, 0.6) is 0 Å². The minimum absolute atomic E-state index is 0.103. The third-order valence-corrected chi connectivity index (χ3v) is 4.99. The standard InChI is InChI=1S/C21H18F2N2O2/c22-14-5-3-13(4-6-14)20-11-18(17-10-15(23)7-8-19(17)24-20)21(27)25-9-1-2-16(25)12-26/h3-8,10-11,16,26H,1-2,9,12H2/t16-/m0/s1. The summed E-state index contributed by atoms with van der Waals surface area (Å²) in [6.07, 6.45) is 1.56. The molecule has 0 unspecified atom stereocenters. The van der Waals surface area contributed by atoms with Gasteiger partial charge in [-0.05, 0) is 61.4 Å². The summed E-state index contributed by atoms with van der Waals surface area (Å²) in [6.45, 7) is 0.447. The minimum Gasteiger partial charge on any atom is -0.394 e. The molecule has 138 valence electrons. The summed E-state index contributed by atoms with van der Waals surface area (Å²) in [5, 5.41) is 9.97. The summed E-state index contributed by atoms with van der Waals surface area (Å²) < 4.78 is 27.1. The van der Waals surface area contributed by atoms with Gasteiger partial charge in [-0.1, -0.05) is 0 Å². The first kappa shape index (κ1) is 17.5. The smallest absolute Gasteiger partial charge is 0.254 e. The van der Waals surface area contributed by atoms with Gasteiger partial charge in [-0.2, -0.15) is 0 Å². The SMILES string of the molecule is O=C(c1cc(-c2ccc(F)cc2)nc2ccc(F)cc12)N1CCC[C@H]1CO. The fourth-order valence-electron chi connectivity index (χ4n) is 3.59. The molecule has 3 aromatic rings. The summed E-state index contributed by atoms with van der Waals surface area (Å²) in [7, 11) is 0. The highest BCUT2D eigenvalue weighted by Gasteiger charge is 2.30. The number of carbonyl (C=O) groups excluding carboxylic acids is 1. The number of hydrogen-bond donors (Lipinski definition) is 1. The maximum atomic E-state index is 13.8. The molecule has 1 N–H and O–H groups in total. The van der Waals surface area contributed by atoms with Gasteiger partial charge in [0.05, 0.1) is 29.4 Å². The van der Waals surface area contributed by atoms with Gasteiger partial charge in [-0.25, -0.2) is 13.8 Å². The second kappa shape index (κ2) is 7.04. The van der Waals surface area contributed by atoms with Gasteiger partial charge >= 0.3 is 0 Å². The van der Waals surface area contributed by atoms with E-state index in [0.717, 1.165) is 12.8 Å². The van der Waals surface area contributed by atoms with Gasteiger partial charge in [-0.3, -0.25) is 4.79 Å². The van der Waals surface area contributed by atoms with Crippen molar-refractivity contribution in [3.63, 3.8) is 0 Å². The molecule has 0 radical (unpaired) electrons. The van der Waals surface area contributed by atoms with Crippen LogP contribution in [-0.4, -0.2) is 40.1 Å². The van der Waals surface area contributed by atoms with Crippen LogP contribution in [0.2, 0.25) is 0 Å². The number of benzene rings is 2. The average molecular weight is 368 g/mol. The van der Waals surface area contributed by atoms with Crippen LogP contribution >= 0.6 is 0 Å². The van der Waals surface area contributed by atoms with Crippen LogP contribution in [-0.2, 0) is 0 Å². The Kier molecular flexibility index (Phi) is 4.58. The van der Waals surface area contributed by atoms with E-state index >= 15 is 0 Å². The quantitative estimate of drug-likeness (QED) is 0.766. The van der Waals surface area contributed by atoms with Crippen LogP contribution in [0.25, 0.3) is 22.2 Å². The third-order valence-electron chi connectivity index (χ3n) is 4.99. The van der Waals surface area contributed by atoms with E-state index in [1.807, 2.05) is 0 Å². The van der Waals surface area contributed by atoms with Gasteiger partial charge in [0, 0.05) is 17.5 Å². The van der Waals surface area contributed by atoms with E-state index in [9.17, 15) is 18.7 Å². The number of halogens is 2. The Balaban J connectivity index is 1.87. The Morgan fingerprint density at radius 1 is 1.11 bits per heavy atom. The molecule has 4 nitrogen and oxygen atoms in total. The van der Waals surface area contributed by atoms with Crippen LogP contribution in [0.3, 0.4) is 0 Å². The molecule has 27 heavy (non-hydrogen) atoms. The first-order chi connectivity index (χ1) is 13.1. The van der Waals surface area contributed by atoms with Gasteiger partial charge in [0.2, 0.25) is 0 Å². The van der Waals surface area contributed by atoms with Crippen molar-refractivity contribution in [1.29, 1.82) is 0 Å². The molecule has 0 bridgehead atoms. The van der Waals surface area contributed by atoms with Gasteiger partial charge in [-0.15, -0.1) is 0 Å². The number of rotatable bonds is 3. The molecular weight excluding hydrogens is 350 g/mol. The molecule has 1 aliphatic rings. The number of pyridine rings is 1. The molecular formula is C21H18F2N2O2. The van der Waals surface area contributed by atoms with Crippen molar-refractivity contribution in [3.05, 3.63) is 65.7 Å². The van der Waals surface area contributed by atoms with E-state index in [1.165, 1.54) is 30.3 Å². The molecule has 1 aromatic heterocycles. The van der Waals surface area contributed by atoms with Crippen molar-refractivity contribution >= 4 is 16.8 Å². The van der Waals surface area contributed by atoms with Crippen molar-refractivity contribution in [1.82, 2.24) is 9.88 Å². The fraction of sp³-hybridized carbons (Fsp3) is 0.238. The number of fused-ring (bicyclic) bond motifs is 1.